The Bertz CT molecular complexity index is 458. The fourth-order valence-electron chi connectivity index (χ4n) is 2.20. The lowest BCUT2D eigenvalue weighted by Crippen LogP contribution is -2.41. The van der Waals surface area contributed by atoms with Crippen molar-refractivity contribution in [3.05, 3.63) is 35.6 Å². The zero-order valence-corrected chi connectivity index (χ0v) is 9.80. The van der Waals surface area contributed by atoms with Crippen LogP contribution in [0.5, 0.6) is 0 Å². The Balaban J connectivity index is 2.03. The molecule has 0 saturated carbocycles. The van der Waals surface area contributed by atoms with Crippen LogP contribution in [0.2, 0.25) is 0 Å². The Morgan fingerprint density at radius 3 is 2.61 bits per heavy atom. The maximum atomic E-state index is 12.7. The van der Waals surface area contributed by atoms with Crippen LogP contribution >= 0.6 is 0 Å². The van der Waals surface area contributed by atoms with Crippen molar-refractivity contribution in [3.8, 4) is 0 Å². The van der Waals surface area contributed by atoms with Gasteiger partial charge in [-0.3, -0.25) is 4.79 Å². The first kappa shape index (κ1) is 12.5. The van der Waals surface area contributed by atoms with E-state index < -0.39 is 12.0 Å². The third-order valence-electron chi connectivity index (χ3n) is 3.13. The van der Waals surface area contributed by atoms with Crippen LogP contribution in [0.25, 0.3) is 0 Å². The molecule has 18 heavy (non-hydrogen) atoms. The van der Waals surface area contributed by atoms with Crippen molar-refractivity contribution in [2.45, 2.75) is 25.3 Å². The number of hydrogen-bond acceptors (Lipinski definition) is 2. The molecule has 1 fully saturated rings. The van der Waals surface area contributed by atoms with Gasteiger partial charge in [0, 0.05) is 6.54 Å². The summed E-state index contributed by atoms with van der Waals surface area (Å²) >= 11 is 0. The molecule has 2 rings (SSSR count). The summed E-state index contributed by atoms with van der Waals surface area (Å²) in [5.41, 5.74) is 0.692. The minimum absolute atomic E-state index is 0.115. The van der Waals surface area contributed by atoms with Crippen molar-refractivity contribution in [1.29, 1.82) is 0 Å². The molecule has 1 aliphatic rings. The van der Waals surface area contributed by atoms with Gasteiger partial charge in [-0.1, -0.05) is 12.1 Å². The van der Waals surface area contributed by atoms with Gasteiger partial charge in [-0.2, -0.15) is 0 Å². The second kappa shape index (κ2) is 5.16. The predicted octanol–water partition coefficient (Wildman–Crippen LogP) is 1.44. The monoisotopic (exact) mass is 251 g/mol. The smallest absolute Gasteiger partial charge is 0.326 e. The van der Waals surface area contributed by atoms with E-state index in [-0.39, 0.29) is 18.1 Å². The molecule has 0 spiro atoms. The van der Waals surface area contributed by atoms with Crippen molar-refractivity contribution < 1.29 is 19.1 Å². The van der Waals surface area contributed by atoms with E-state index in [1.165, 1.54) is 17.0 Å². The molecule has 1 aliphatic heterocycles. The van der Waals surface area contributed by atoms with E-state index in [1.807, 2.05) is 0 Å². The highest BCUT2D eigenvalue weighted by Gasteiger charge is 2.33. The number of halogens is 1. The molecular weight excluding hydrogens is 237 g/mol. The van der Waals surface area contributed by atoms with Gasteiger partial charge in [0.15, 0.2) is 0 Å². The zero-order chi connectivity index (χ0) is 13.1. The molecule has 96 valence electrons. The quantitative estimate of drug-likeness (QED) is 0.884. The highest BCUT2D eigenvalue weighted by molar-refractivity contribution is 5.85. The molecular formula is C13H14FNO3. The fraction of sp³-hybridized carbons (Fsp3) is 0.385. The van der Waals surface area contributed by atoms with E-state index in [0.717, 1.165) is 0 Å². The number of likely N-dealkylation sites (tertiary alicyclic amines) is 1. The van der Waals surface area contributed by atoms with Crippen molar-refractivity contribution in [2.75, 3.05) is 6.54 Å². The third kappa shape index (κ3) is 2.67. The molecule has 0 aromatic heterocycles. The molecule has 5 heteroatoms. The number of aliphatic carboxylic acids is 1. The minimum Gasteiger partial charge on any atom is -0.480 e. The lowest BCUT2D eigenvalue weighted by molar-refractivity contribution is -0.148. The van der Waals surface area contributed by atoms with E-state index in [1.54, 1.807) is 12.1 Å². The SMILES string of the molecule is O=C(O)[C@@H]1CCCN1C(=O)Cc1ccc(F)cc1. The number of carboxylic acid groups (broad SMARTS) is 1. The van der Waals surface area contributed by atoms with Crippen LogP contribution in [0.4, 0.5) is 4.39 Å². The average molecular weight is 251 g/mol. The molecule has 0 unspecified atom stereocenters. The molecule has 1 aromatic carbocycles. The van der Waals surface area contributed by atoms with Crippen LogP contribution < -0.4 is 0 Å². The summed E-state index contributed by atoms with van der Waals surface area (Å²) < 4.78 is 12.7. The Hall–Kier alpha value is -1.91. The summed E-state index contributed by atoms with van der Waals surface area (Å²) in [5, 5.41) is 8.99. The fourth-order valence-corrected chi connectivity index (χ4v) is 2.20. The Kier molecular flexibility index (Phi) is 3.60. The minimum atomic E-state index is -0.958. The number of hydrogen-bond donors (Lipinski definition) is 1. The van der Waals surface area contributed by atoms with Crippen LogP contribution in [0.15, 0.2) is 24.3 Å². The molecule has 1 N–H and O–H groups in total. The molecule has 4 nitrogen and oxygen atoms in total. The topological polar surface area (TPSA) is 57.6 Å². The van der Waals surface area contributed by atoms with Gasteiger partial charge < -0.3 is 10.0 Å². The molecule has 1 saturated heterocycles. The van der Waals surface area contributed by atoms with E-state index in [2.05, 4.69) is 0 Å². The first-order valence-corrected chi connectivity index (χ1v) is 5.84. The number of carbonyl (C=O) groups is 2. The van der Waals surface area contributed by atoms with Gasteiger partial charge in [0.25, 0.3) is 0 Å². The van der Waals surface area contributed by atoms with Crippen molar-refractivity contribution in [2.24, 2.45) is 0 Å². The van der Waals surface area contributed by atoms with Crippen molar-refractivity contribution in [1.82, 2.24) is 4.90 Å². The lowest BCUT2D eigenvalue weighted by atomic mass is 10.1. The summed E-state index contributed by atoms with van der Waals surface area (Å²) in [7, 11) is 0. The standard InChI is InChI=1S/C13H14FNO3/c14-10-5-3-9(4-6-10)8-12(16)15-7-1-2-11(15)13(17)18/h3-6,11H,1-2,7-8H2,(H,17,18)/t11-/m0/s1. The van der Waals surface area contributed by atoms with Crippen LogP contribution in [0, 0.1) is 5.82 Å². The van der Waals surface area contributed by atoms with Crippen molar-refractivity contribution in [3.63, 3.8) is 0 Å². The van der Waals surface area contributed by atoms with E-state index in [9.17, 15) is 14.0 Å². The number of rotatable bonds is 3. The van der Waals surface area contributed by atoms with Crippen LogP contribution in [-0.4, -0.2) is 34.5 Å². The number of nitrogens with zero attached hydrogens (tertiary/aromatic N) is 1. The predicted molar refractivity (Wildman–Crippen MR) is 62.5 cm³/mol. The molecule has 0 bridgehead atoms. The summed E-state index contributed by atoms with van der Waals surface area (Å²) in [6, 6.07) is 4.96. The highest BCUT2D eigenvalue weighted by atomic mass is 19.1. The molecule has 0 radical (unpaired) electrons. The summed E-state index contributed by atoms with van der Waals surface area (Å²) in [6.45, 7) is 0.483. The lowest BCUT2D eigenvalue weighted by Gasteiger charge is -2.21. The van der Waals surface area contributed by atoms with Gasteiger partial charge in [-0.15, -0.1) is 0 Å². The van der Waals surface area contributed by atoms with Gasteiger partial charge in [0.05, 0.1) is 6.42 Å². The average Bonchev–Trinajstić information content (AvgIpc) is 2.81. The first-order chi connectivity index (χ1) is 8.58. The number of carboxylic acids is 1. The van der Waals surface area contributed by atoms with Gasteiger partial charge >= 0.3 is 5.97 Å². The summed E-state index contributed by atoms with van der Waals surface area (Å²) in [6.07, 6.45) is 1.33. The summed E-state index contributed by atoms with van der Waals surface area (Å²) in [5.74, 6) is -1.53. The molecule has 1 atom stereocenters. The zero-order valence-electron chi connectivity index (χ0n) is 9.80. The van der Waals surface area contributed by atoms with E-state index >= 15 is 0 Å². The van der Waals surface area contributed by atoms with Crippen LogP contribution in [-0.2, 0) is 16.0 Å². The van der Waals surface area contributed by atoms with Gasteiger partial charge in [-0.05, 0) is 30.5 Å². The Morgan fingerprint density at radius 2 is 2.00 bits per heavy atom. The second-order valence-corrected chi connectivity index (χ2v) is 4.39. The molecule has 1 heterocycles. The number of carbonyl (C=O) groups excluding carboxylic acids is 1. The number of benzene rings is 1. The molecule has 1 aromatic rings. The number of amides is 1. The van der Waals surface area contributed by atoms with Gasteiger partial charge in [-0.25, -0.2) is 9.18 Å². The maximum absolute atomic E-state index is 12.7. The van der Waals surface area contributed by atoms with Crippen molar-refractivity contribution >= 4 is 11.9 Å². The normalized spacial score (nSPS) is 18.9. The third-order valence-corrected chi connectivity index (χ3v) is 3.13. The first-order valence-electron chi connectivity index (χ1n) is 5.84. The summed E-state index contributed by atoms with van der Waals surface area (Å²) in [4.78, 5) is 24.3. The van der Waals surface area contributed by atoms with Gasteiger partial charge in [0.2, 0.25) is 5.91 Å². The highest BCUT2D eigenvalue weighted by Crippen LogP contribution is 2.19. The molecule has 1 amide bonds. The van der Waals surface area contributed by atoms with Crippen LogP contribution in [0.3, 0.4) is 0 Å². The van der Waals surface area contributed by atoms with Gasteiger partial charge in [0.1, 0.15) is 11.9 Å². The van der Waals surface area contributed by atoms with Crippen LogP contribution in [0.1, 0.15) is 18.4 Å². The largest absolute Gasteiger partial charge is 0.480 e. The van der Waals surface area contributed by atoms with E-state index in [4.69, 9.17) is 5.11 Å². The Labute approximate surface area is 104 Å². The maximum Gasteiger partial charge on any atom is 0.326 e. The second-order valence-electron chi connectivity index (χ2n) is 4.39. The molecule has 0 aliphatic carbocycles. The van der Waals surface area contributed by atoms with E-state index in [0.29, 0.717) is 24.9 Å². The Morgan fingerprint density at radius 1 is 1.33 bits per heavy atom.